The molecule has 3 nitrogen and oxygen atoms in total. The van der Waals surface area contributed by atoms with E-state index in [1.807, 2.05) is 30.3 Å². The minimum absolute atomic E-state index is 0.407. The van der Waals surface area contributed by atoms with Crippen LogP contribution in [0.1, 0.15) is 32.6 Å². The quantitative estimate of drug-likeness (QED) is 0.865. The van der Waals surface area contributed by atoms with E-state index in [1.54, 1.807) is 14.0 Å². The van der Waals surface area contributed by atoms with Crippen molar-refractivity contribution in [3.05, 3.63) is 42.0 Å². The zero-order valence-corrected chi connectivity index (χ0v) is 13.0. The SMILES string of the molecule is CN=S(=O)(c1ccccc1)[C@H](C1=CCCCC1)[C@@H](C)O. The monoisotopic (exact) mass is 293 g/mol. The summed E-state index contributed by atoms with van der Waals surface area (Å²) in [6.07, 6.45) is 5.67. The van der Waals surface area contributed by atoms with Crippen molar-refractivity contribution in [2.75, 3.05) is 7.05 Å². The Morgan fingerprint density at radius 2 is 1.95 bits per heavy atom. The van der Waals surface area contributed by atoms with Gasteiger partial charge in [0.15, 0.2) is 0 Å². The Labute approximate surface area is 121 Å². The van der Waals surface area contributed by atoms with E-state index >= 15 is 0 Å². The summed E-state index contributed by atoms with van der Waals surface area (Å²) < 4.78 is 17.6. The van der Waals surface area contributed by atoms with Crippen LogP contribution >= 0.6 is 0 Å². The molecule has 1 aliphatic carbocycles. The molecule has 0 radical (unpaired) electrons. The second-order valence-corrected chi connectivity index (χ2v) is 7.73. The highest BCUT2D eigenvalue weighted by Gasteiger charge is 2.32. The molecule has 1 aromatic rings. The largest absolute Gasteiger partial charge is 0.392 e. The molecule has 3 atom stereocenters. The molecule has 1 aromatic carbocycles. The highest BCUT2D eigenvalue weighted by molar-refractivity contribution is 7.94. The minimum atomic E-state index is -2.64. The first-order chi connectivity index (χ1) is 9.59. The number of rotatable bonds is 4. The van der Waals surface area contributed by atoms with Crippen molar-refractivity contribution >= 4 is 9.73 Å². The zero-order valence-electron chi connectivity index (χ0n) is 12.2. The van der Waals surface area contributed by atoms with E-state index in [0.29, 0.717) is 4.90 Å². The fourth-order valence-corrected chi connectivity index (χ4v) is 5.32. The molecular formula is C16H23NO2S. The van der Waals surface area contributed by atoms with Gasteiger partial charge in [-0.15, -0.1) is 0 Å². The molecule has 2 rings (SSSR count). The van der Waals surface area contributed by atoms with Crippen LogP contribution in [0, 0.1) is 0 Å². The van der Waals surface area contributed by atoms with Crippen LogP contribution < -0.4 is 0 Å². The van der Waals surface area contributed by atoms with E-state index in [2.05, 4.69) is 10.4 Å². The van der Waals surface area contributed by atoms with Crippen LogP contribution in [0.25, 0.3) is 0 Å². The average Bonchev–Trinajstić information content (AvgIpc) is 2.49. The van der Waals surface area contributed by atoms with E-state index in [0.717, 1.165) is 24.8 Å². The van der Waals surface area contributed by atoms with E-state index in [-0.39, 0.29) is 0 Å². The Kier molecular flexibility index (Phi) is 5.00. The van der Waals surface area contributed by atoms with E-state index in [1.165, 1.54) is 6.42 Å². The van der Waals surface area contributed by atoms with Crippen LogP contribution in [0.2, 0.25) is 0 Å². The standard InChI is InChI=1S/C16H23NO2S/c1-13(18)16(14-9-5-3-6-10-14)20(19,17-2)15-11-7-4-8-12-15/h4,7-9,11-13,16,18H,3,5-6,10H2,1-2H3/t13-,16+,20?/m1/s1. The van der Waals surface area contributed by atoms with Crippen LogP contribution in [0.5, 0.6) is 0 Å². The Morgan fingerprint density at radius 1 is 1.25 bits per heavy atom. The van der Waals surface area contributed by atoms with Gasteiger partial charge in [0.05, 0.1) is 21.1 Å². The Hall–Kier alpha value is -1.13. The fourth-order valence-electron chi connectivity index (χ4n) is 2.88. The first-order valence-electron chi connectivity index (χ1n) is 7.15. The lowest BCUT2D eigenvalue weighted by Crippen LogP contribution is -2.34. The average molecular weight is 293 g/mol. The van der Waals surface area contributed by atoms with Crippen molar-refractivity contribution in [2.45, 2.75) is 48.9 Å². The van der Waals surface area contributed by atoms with Gasteiger partial charge in [0.2, 0.25) is 0 Å². The molecule has 0 fully saturated rings. The van der Waals surface area contributed by atoms with E-state index in [9.17, 15) is 9.32 Å². The summed E-state index contributed by atoms with van der Waals surface area (Å²) in [5.74, 6) is 0. The summed E-state index contributed by atoms with van der Waals surface area (Å²) >= 11 is 0. The maximum atomic E-state index is 13.4. The zero-order chi connectivity index (χ0) is 14.6. The summed E-state index contributed by atoms with van der Waals surface area (Å²) in [6.45, 7) is 1.72. The number of aliphatic hydroxyl groups is 1. The van der Waals surface area contributed by atoms with Gasteiger partial charge in [-0.25, -0.2) is 8.57 Å². The molecule has 0 amide bonds. The summed E-state index contributed by atoms with van der Waals surface area (Å²) in [7, 11) is -1.05. The molecular weight excluding hydrogens is 270 g/mol. The van der Waals surface area contributed by atoms with Crippen molar-refractivity contribution in [3.8, 4) is 0 Å². The molecule has 1 unspecified atom stereocenters. The highest BCUT2D eigenvalue weighted by Crippen LogP contribution is 2.31. The van der Waals surface area contributed by atoms with Crippen LogP contribution in [0.3, 0.4) is 0 Å². The lowest BCUT2D eigenvalue weighted by atomic mass is 9.95. The summed E-state index contributed by atoms with van der Waals surface area (Å²) in [4.78, 5) is 0.708. The Morgan fingerprint density at radius 3 is 2.45 bits per heavy atom. The summed E-state index contributed by atoms with van der Waals surface area (Å²) in [6, 6.07) is 9.32. The molecule has 0 aromatic heterocycles. The number of benzene rings is 1. The highest BCUT2D eigenvalue weighted by atomic mass is 32.2. The second kappa shape index (κ2) is 6.55. The molecule has 1 N–H and O–H groups in total. The maximum Gasteiger partial charge on any atom is 0.0939 e. The van der Waals surface area contributed by atoms with Gasteiger partial charge in [-0.3, -0.25) is 0 Å². The molecule has 1 aliphatic rings. The van der Waals surface area contributed by atoms with Crippen LogP contribution in [-0.4, -0.2) is 27.7 Å². The van der Waals surface area contributed by atoms with Gasteiger partial charge in [-0.2, -0.15) is 0 Å². The molecule has 0 saturated carbocycles. The summed E-state index contributed by atoms with van der Waals surface area (Å²) in [5.41, 5.74) is 1.10. The third-order valence-electron chi connectivity index (χ3n) is 3.83. The summed E-state index contributed by atoms with van der Waals surface area (Å²) in [5, 5.41) is 9.81. The lowest BCUT2D eigenvalue weighted by molar-refractivity contribution is 0.196. The minimum Gasteiger partial charge on any atom is -0.392 e. The molecule has 0 aliphatic heterocycles. The molecule has 0 heterocycles. The van der Waals surface area contributed by atoms with Gasteiger partial charge in [-0.05, 0) is 44.7 Å². The van der Waals surface area contributed by atoms with E-state index in [4.69, 9.17) is 0 Å². The first kappa shape index (κ1) is 15.3. The Balaban J connectivity index is 2.52. The predicted molar refractivity (Wildman–Crippen MR) is 83.2 cm³/mol. The smallest absolute Gasteiger partial charge is 0.0939 e. The number of hydrogen-bond donors (Lipinski definition) is 1. The number of hydrogen-bond acceptors (Lipinski definition) is 3. The molecule has 110 valence electrons. The molecule has 4 heteroatoms. The second-order valence-electron chi connectivity index (χ2n) is 5.25. The van der Waals surface area contributed by atoms with Gasteiger partial charge in [0, 0.05) is 11.9 Å². The van der Waals surface area contributed by atoms with Crippen LogP contribution in [-0.2, 0) is 9.73 Å². The third-order valence-corrected chi connectivity index (χ3v) is 6.70. The number of allylic oxidation sites excluding steroid dienone is 1. The van der Waals surface area contributed by atoms with Crippen molar-refractivity contribution < 1.29 is 9.32 Å². The molecule has 0 bridgehead atoms. The predicted octanol–water partition coefficient (Wildman–Crippen LogP) is 3.39. The normalized spacial score (nSPS) is 21.4. The van der Waals surface area contributed by atoms with Crippen molar-refractivity contribution in [2.24, 2.45) is 4.36 Å². The first-order valence-corrected chi connectivity index (χ1v) is 8.73. The van der Waals surface area contributed by atoms with Crippen molar-refractivity contribution in [1.29, 1.82) is 0 Å². The van der Waals surface area contributed by atoms with Crippen molar-refractivity contribution in [1.82, 2.24) is 0 Å². The number of aliphatic hydroxyl groups excluding tert-OH is 1. The molecule has 0 spiro atoms. The fraction of sp³-hybridized carbons (Fsp3) is 0.500. The topological polar surface area (TPSA) is 49.7 Å². The third kappa shape index (κ3) is 2.96. The number of nitrogens with zero attached hydrogens (tertiary/aromatic N) is 1. The lowest BCUT2D eigenvalue weighted by Gasteiger charge is -2.28. The molecule has 0 saturated heterocycles. The van der Waals surface area contributed by atoms with Gasteiger partial charge in [-0.1, -0.05) is 29.8 Å². The van der Waals surface area contributed by atoms with Gasteiger partial charge in [0.25, 0.3) is 0 Å². The van der Waals surface area contributed by atoms with Gasteiger partial charge >= 0.3 is 0 Å². The van der Waals surface area contributed by atoms with Crippen LogP contribution in [0.4, 0.5) is 0 Å². The molecule has 20 heavy (non-hydrogen) atoms. The Bertz CT molecular complexity index is 584. The van der Waals surface area contributed by atoms with Gasteiger partial charge < -0.3 is 5.11 Å². The maximum absolute atomic E-state index is 13.4. The van der Waals surface area contributed by atoms with E-state index < -0.39 is 21.1 Å². The van der Waals surface area contributed by atoms with Crippen molar-refractivity contribution in [3.63, 3.8) is 0 Å². The van der Waals surface area contributed by atoms with Crippen LogP contribution in [0.15, 0.2) is 51.2 Å². The van der Waals surface area contributed by atoms with Gasteiger partial charge in [0.1, 0.15) is 0 Å².